The van der Waals surface area contributed by atoms with Crippen LogP contribution in [0.5, 0.6) is 0 Å². The topological polar surface area (TPSA) is 112 Å². The van der Waals surface area contributed by atoms with Gasteiger partial charge in [-0.15, -0.1) is 5.10 Å². The number of rotatable bonds is 4. The van der Waals surface area contributed by atoms with E-state index in [0.29, 0.717) is 16.8 Å². The van der Waals surface area contributed by atoms with Gasteiger partial charge in [0, 0.05) is 30.8 Å². The Morgan fingerprint density at radius 2 is 2.03 bits per heavy atom. The third-order valence-electron chi connectivity index (χ3n) is 4.54. The van der Waals surface area contributed by atoms with Gasteiger partial charge in [-0.25, -0.2) is 13.8 Å². The van der Waals surface area contributed by atoms with Crippen LogP contribution in [0, 0.1) is 0 Å². The monoisotopic (exact) mass is 409 g/mol. The average Bonchev–Trinajstić information content (AvgIpc) is 3.20. The molecule has 0 saturated heterocycles. The number of tetrazole rings is 1. The summed E-state index contributed by atoms with van der Waals surface area (Å²) in [7, 11) is 0. The summed E-state index contributed by atoms with van der Waals surface area (Å²) in [6.07, 6.45) is 2.25. The molecule has 0 radical (unpaired) electrons. The molecule has 1 unspecified atom stereocenters. The molecular formula is C20H17F2N7O. The third kappa shape index (κ3) is 3.79. The first-order valence-electron chi connectivity index (χ1n) is 9.06. The lowest BCUT2D eigenvalue weighted by atomic mass is 10.0. The smallest absolute Gasteiger partial charge is 0.221 e. The van der Waals surface area contributed by atoms with Gasteiger partial charge in [0.1, 0.15) is 17.8 Å². The van der Waals surface area contributed by atoms with Crippen LogP contribution in [0.15, 0.2) is 54.5 Å². The second-order valence-corrected chi connectivity index (χ2v) is 6.69. The highest BCUT2D eigenvalue weighted by Crippen LogP contribution is 2.32. The van der Waals surface area contributed by atoms with Crippen molar-refractivity contribution in [2.45, 2.75) is 19.5 Å². The molecule has 1 aliphatic carbocycles. The fraction of sp³-hybridized carbons (Fsp3) is 0.150. The van der Waals surface area contributed by atoms with Crippen molar-refractivity contribution in [2.75, 3.05) is 11.1 Å². The van der Waals surface area contributed by atoms with Gasteiger partial charge in [-0.1, -0.05) is 12.1 Å². The Labute approximate surface area is 170 Å². The summed E-state index contributed by atoms with van der Waals surface area (Å²) in [5, 5.41) is 14.1. The molecule has 1 aliphatic rings. The van der Waals surface area contributed by atoms with E-state index in [-0.39, 0.29) is 29.7 Å². The van der Waals surface area contributed by atoms with Crippen LogP contribution in [0.1, 0.15) is 13.3 Å². The standard InChI is InChI=1S/C20H17F2N7O/c1-11(30)25-15-5-2-12(3-6-15)13-8-16(19(23)24-10-13)20-26-27-28-29(20)18-9-14(21)4-7-17(18)22/h2-6,8-10,17H,7H2,1H3,(H2,23,24)(H,25,30). The lowest BCUT2D eigenvalue weighted by Crippen LogP contribution is -2.15. The Hall–Kier alpha value is -3.95. The molecule has 2 heterocycles. The van der Waals surface area contributed by atoms with Crippen LogP contribution >= 0.6 is 0 Å². The zero-order valence-corrected chi connectivity index (χ0v) is 15.9. The minimum Gasteiger partial charge on any atom is -0.383 e. The van der Waals surface area contributed by atoms with Crippen LogP contribution in [0.4, 0.5) is 20.3 Å². The van der Waals surface area contributed by atoms with Crippen molar-refractivity contribution in [2.24, 2.45) is 0 Å². The molecule has 30 heavy (non-hydrogen) atoms. The zero-order chi connectivity index (χ0) is 21.3. The summed E-state index contributed by atoms with van der Waals surface area (Å²) in [4.78, 5) is 15.4. The first-order valence-corrected chi connectivity index (χ1v) is 9.06. The van der Waals surface area contributed by atoms with Gasteiger partial charge in [0.25, 0.3) is 0 Å². The number of carbonyl (C=O) groups excluding carboxylic acids is 1. The van der Waals surface area contributed by atoms with Crippen molar-refractivity contribution < 1.29 is 13.6 Å². The van der Waals surface area contributed by atoms with Crippen molar-refractivity contribution in [1.29, 1.82) is 0 Å². The molecule has 3 N–H and O–H groups in total. The average molecular weight is 409 g/mol. The molecular weight excluding hydrogens is 392 g/mol. The molecule has 0 fully saturated rings. The number of aromatic nitrogens is 5. The van der Waals surface area contributed by atoms with E-state index >= 15 is 0 Å². The van der Waals surface area contributed by atoms with E-state index in [1.165, 1.54) is 13.0 Å². The Balaban J connectivity index is 1.73. The molecule has 152 valence electrons. The van der Waals surface area contributed by atoms with Crippen LogP contribution in [0.2, 0.25) is 0 Å². The highest BCUT2D eigenvalue weighted by atomic mass is 19.1. The molecule has 1 aromatic carbocycles. The normalized spacial score (nSPS) is 16.0. The summed E-state index contributed by atoms with van der Waals surface area (Å²) < 4.78 is 29.2. The number of allylic oxidation sites excluding steroid dienone is 4. The molecule has 3 aromatic rings. The first-order chi connectivity index (χ1) is 14.4. The van der Waals surface area contributed by atoms with Gasteiger partial charge in [0.15, 0.2) is 5.82 Å². The lowest BCUT2D eigenvalue weighted by Gasteiger charge is -2.16. The summed E-state index contributed by atoms with van der Waals surface area (Å²) in [5.74, 6) is -0.423. The van der Waals surface area contributed by atoms with E-state index in [4.69, 9.17) is 5.73 Å². The predicted octanol–water partition coefficient (Wildman–Crippen LogP) is 3.38. The van der Waals surface area contributed by atoms with Crippen molar-refractivity contribution in [1.82, 2.24) is 25.2 Å². The molecule has 0 aliphatic heterocycles. The fourth-order valence-corrected chi connectivity index (χ4v) is 3.11. The van der Waals surface area contributed by atoms with Crippen LogP contribution in [0.25, 0.3) is 28.2 Å². The lowest BCUT2D eigenvalue weighted by molar-refractivity contribution is -0.114. The minimum absolute atomic E-state index is 0.0144. The molecule has 0 bridgehead atoms. The van der Waals surface area contributed by atoms with Crippen LogP contribution in [-0.2, 0) is 4.79 Å². The SMILES string of the molecule is CC(=O)Nc1ccc(-c2cnc(N)c(-c3nnnn3C3=CC(F)=CCC3F)c2)cc1. The maximum Gasteiger partial charge on any atom is 0.221 e. The van der Waals surface area contributed by atoms with E-state index in [2.05, 4.69) is 25.8 Å². The number of pyridine rings is 1. The number of carbonyl (C=O) groups is 1. The Kier molecular flexibility index (Phi) is 5.05. The molecule has 8 nitrogen and oxygen atoms in total. The molecule has 2 aromatic heterocycles. The second-order valence-electron chi connectivity index (χ2n) is 6.69. The number of hydrogen-bond acceptors (Lipinski definition) is 6. The highest BCUT2D eigenvalue weighted by Gasteiger charge is 2.24. The van der Waals surface area contributed by atoms with Gasteiger partial charge in [-0.2, -0.15) is 4.68 Å². The Bertz CT molecular complexity index is 1170. The Morgan fingerprint density at radius 1 is 1.27 bits per heavy atom. The highest BCUT2D eigenvalue weighted by molar-refractivity contribution is 5.89. The zero-order valence-electron chi connectivity index (χ0n) is 15.9. The number of amides is 1. The van der Waals surface area contributed by atoms with Gasteiger partial charge in [-0.05, 0) is 46.3 Å². The summed E-state index contributed by atoms with van der Waals surface area (Å²) in [6.45, 7) is 1.43. The molecule has 1 amide bonds. The number of benzene rings is 1. The summed E-state index contributed by atoms with van der Waals surface area (Å²) in [5.41, 5.74) is 8.58. The van der Waals surface area contributed by atoms with Gasteiger partial charge < -0.3 is 11.1 Å². The van der Waals surface area contributed by atoms with Crippen molar-refractivity contribution in [3.05, 3.63) is 54.5 Å². The molecule has 4 rings (SSSR count). The van der Waals surface area contributed by atoms with Crippen LogP contribution < -0.4 is 11.1 Å². The minimum atomic E-state index is -1.45. The van der Waals surface area contributed by atoms with Gasteiger partial charge in [0.2, 0.25) is 5.91 Å². The number of anilines is 2. The fourth-order valence-electron chi connectivity index (χ4n) is 3.11. The Morgan fingerprint density at radius 3 is 2.77 bits per heavy atom. The van der Waals surface area contributed by atoms with Gasteiger partial charge in [-0.3, -0.25) is 4.79 Å². The van der Waals surface area contributed by atoms with Crippen LogP contribution in [0.3, 0.4) is 0 Å². The van der Waals surface area contributed by atoms with Crippen molar-refractivity contribution in [3.63, 3.8) is 0 Å². The van der Waals surface area contributed by atoms with Crippen LogP contribution in [-0.4, -0.2) is 37.3 Å². The van der Waals surface area contributed by atoms with Gasteiger partial charge in [0.05, 0.1) is 11.3 Å². The number of alkyl halides is 1. The van der Waals surface area contributed by atoms with E-state index in [1.54, 1.807) is 24.4 Å². The second kappa shape index (κ2) is 7.82. The summed E-state index contributed by atoms with van der Waals surface area (Å²) >= 11 is 0. The summed E-state index contributed by atoms with van der Waals surface area (Å²) in [6, 6.07) is 8.86. The third-order valence-corrected chi connectivity index (χ3v) is 4.54. The van der Waals surface area contributed by atoms with Crippen molar-refractivity contribution in [3.8, 4) is 22.5 Å². The molecule has 1 atom stereocenters. The molecule has 0 saturated carbocycles. The first kappa shape index (κ1) is 19.4. The maximum absolute atomic E-state index is 14.4. The van der Waals surface area contributed by atoms with E-state index in [9.17, 15) is 13.6 Å². The number of nitrogens with one attached hydrogen (secondary N) is 1. The number of nitrogens with two attached hydrogens (primary N) is 1. The largest absolute Gasteiger partial charge is 0.383 e. The predicted molar refractivity (Wildman–Crippen MR) is 108 cm³/mol. The van der Waals surface area contributed by atoms with E-state index < -0.39 is 12.0 Å². The van der Waals surface area contributed by atoms with E-state index in [0.717, 1.165) is 16.3 Å². The molecule has 10 heteroatoms. The maximum atomic E-state index is 14.4. The van der Waals surface area contributed by atoms with E-state index in [1.807, 2.05) is 12.1 Å². The number of halogens is 2. The quantitative estimate of drug-likeness (QED) is 0.683. The number of hydrogen-bond donors (Lipinski definition) is 2. The number of nitrogen functional groups attached to an aromatic ring is 1. The number of nitrogens with zero attached hydrogens (tertiary/aromatic N) is 5. The van der Waals surface area contributed by atoms with Gasteiger partial charge >= 0.3 is 0 Å². The van der Waals surface area contributed by atoms with Crippen molar-refractivity contribution >= 4 is 23.1 Å². The molecule has 0 spiro atoms.